The second-order valence-electron chi connectivity index (χ2n) is 11.2. The maximum absolute atomic E-state index is 14.7. The van der Waals surface area contributed by atoms with Crippen LogP contribution in [0.4, 0.5) is 17.6 Å². The van der Waals surface area contributed by atoms with E-state index in [1.54, 1.807) is 108 Å². The summed E-state index contributed by atoms with van der Waals surface area (Å²) in [6, 6.07) is 31.2. The Labute approximate surface area is 331 Å². The van der Waals surface area contributed by atoms with Crippen molar-refractivity contribution in [1.82, 2.24) is 0 Å². The fraction of sp³-hybridized carbons (Fsp3) is 0.100. The van der Waals surface area contributed by atoms with Gasteiger partial charge in [0, 0.05) is 36.7 Å². The summed E-state index contributed by atoms with van der Waals surface area (Å²) >= 11 is 8.48. The van der Waals surface area contributed by atoms with Gasteiger partial charge in [0.1, 0.15) is 11.5 Å². The second-order valence-corrected chi connectivity index (χ2v) is 14.2. The van der Waals surface area contributed by atoms with Gasteiger partial charge in [0.25, 0.3) is 0 Å². The van der Waals surface area contributed by atoms with Gasteiger partial charge in [0.05, 0.1) is 17.8 Å². The molecule has 0 spiro atoms. The third-order valence-electron chi connectivity index (χ3n) is 7.91. The molecule has 0 saturated heterocycles. The molecule has 0 atom stereocenters. The van der Waals surface area contributed by atoms with E-state index in [4.69, 9.17) is 19.5 Å². The predicted molar refractivity (Wildman–Crippen MR) is 216 cm³/mol. The molecule has 0 aliphatic rings. The average Bonchev–Trinajstić information content (AvgIpc) is 3.14. The van der Waals surface area contributed by atoms with Crippen molar-refractivity contribution in [2.24, 2.45) is 0 Å². The van der Waals surface area contributed by atoms with Crippen LogP contribution in [0.2, 0.25) is 0 Å². The maximum atomic E-state index is 14.7. The van der Waals surface area contributed by atoms with Gasteiger partial charge in [-0.2, -0.15) is 0 Å². The summed E-state index contributed by atoms with van der Waals surface area (Å²) in [7, 11) is 1.53. The molecule has 0 saturated carbocycles. The van der Waals surface area contributed by atoms with E-state index < -0.39 is 30.4 Å². The minimum atomic E-state index is -1.47. The Morgan fingerprint density at radius 1 is 0.519 bits per heavy atom. The molecule has 0 aliphatic carbocycles. The monoisotopic (exact) mass is 948 g/mol. The van der Waals surface area contributed by atoms with Crippen molar-refractivity contribution in [3.05, 3.63) is 156 Å². The van der Waals surface area contributed by atoms with E-state index in [9.17, 15) is 17.6 Å². The van der Waals surface area contributed by atoms with Gasteiger partial charge in [-0.15, -0.1) is 0 Å². The van der Waals surface area contributed by atoms with Gasteiger partial charge in [-0.25, -0.2) is 17.6 Å². The molecular formula is C40H32BBr2F4IO4. The standard InChI is InChI=1S/C20H15BrF2O.C13H8BrF2I.C7H9BO3/c1-12-7-8-13(21)11-17(12)16-10-9-15(19(22)20(16)23)14-5-3-4-6-18(14)24-2;1-7-2-3-8(14)6-10(7)9-4-5-11(17)13(16)12(9)15;1-11-7-5-3-2-4-6(7)8(9)10/h3-11H,1-2H3;2-6H,1H3;2-5,9-10H,1H3. The van der Waals surface area contributed by atoms with Crippen LogP contribution in [-0.2, 0) is 0 Å². The van der Waals surface area contributed by atoms with E-state index in [0.29, 0.717) is 39.2 Å². The lowest BCUT2D eigenvalue weighted by Crippen LogP contribution is -2.30. The van der Waals surface area contributed by atoms with Gasteiger partial charge in [-0.05, 0) is 101 Å². The fourth-order valence-corrected chi connectivity index (χ4v) is 6.35. The molecule has 268 valence electrons. The van der Waals surface area contributed by atoms with Crippen molar-refractivity contribution in [2.45, 2.75) is 13.8 Å². The Morgan fingerprint density at radius 3 is 1.42 bits per heavy atom. The molecule has 0 heterocycles. The SMILES string of the molecule is COc1ccccc1-c1ccc(-c2cc(Br)ccc2C)c(F)c1F.COc1ccccc1B(O)O.Cc1ccc(Br)cc1-c1ccc(I)c(F)c1F. The summed E-state index contributed by atoms with van der Waals surface area (Å²) in [5.41, 5.74) is 4.77. The number of rotatable bonds is 6. The molecule has 52 heavy (non-hydrogen) atoms. The number of ether oxygens (including phenoxy) is 2. The summed E-state index contributed by atoms with van der Waals surface area (Å²) in [5.74, 6) is -2.33. The lowest BCUT2D eigenvalue weighted by molar-refractivity contribution is 0.403. The smallest absolute Gasteiger partial charge is 0.492 e. The molecular weight excluding hydrogens is 918 g/mol. The van der Waals surface area contributed by atoms with E-state index in [0.717, 1.165) is 20.1 Å². The lowest BCUT2D eigenvalue weighted by Gasteiger charge is -2.13. The first kappa shape index (κ1) is 41.1. The van der Waals surface area contributed by atoms with Crippen LogP contribution in [0, 0.1) is 40.7 Å². The molecule has 6 rings (SSSR count). The fourth-order valence-electron chi connectivity index (χ4n) is 5.22. The van der Waals surface area contributed by atoms with Crippen molar-refractivity contribution in [1.29, 1.82) is 0 Å². The molecule has 0 radical (unpaired) electrons. The van der Waals surface area contributed by atoms with Crippen molar-refractivity contribution in [3.8, 4) is 44.9 Å². The maximum Gasteiger partial charge on any atom is 0.492 e. The number of aryl methyl sites for hydroxylation is 2. The molecule has 0 aromatic heterocycles. The zero-order valence-electron chi connectivity index (χ0n) is 28.3. The largest absolute Gasteiger partial charge is 0.497 e. The minimum absolute atomic E-state index is 0.182. The molecule has 0 bridgehead atoms. The average molecular weight is 950 g/mol. The zero-order valence-corrected chi connectivity index (χ0v) is 33.7. The van der Waals surface area contributed by atoms with Crippen LogP contribution in [0.3, 0.4) is 0 Å². The second kappa shape index (κ2) is 18.9. The van der Waals surface area contributed by atoms with Crippen LogP contribution in [0.5, 0.6) is 11.5 Å². The van der Waals surface area contributed by atoms with Gasteiger partial charge < -0.3 is 19.5 Å². The molecule has 2 N–H and O–H groups in total. The molecule has 0 aliphatic heterocycles. The van der Waals surface area contributed by atoms with E-state index in [1.165, 1.54) is 14.2 Å². The van der Waals surface area contributed by atoms with Crippen LogP contribution in [-0.4, -0.2) is 31.4 Å². The predicted octanol–water partition coefficient (Wildman–Crippen LogP) is 11.1. The number of hydrogen-bond acceptors (Lipinski definition) is 4. The van der Waals surface area contributed by atoms with Gasteiger partial charge in [-0.3, -0.25) is 0 Å². The molecule has 4 nitrogen and oxygen atoms in total. The van der Waals surface area contributed by atoms with Crippen molar-refractivity contribution in [2.75, 3.05) is 14.2 Å². The van der Waals surface area contributed by atoms with Crippen molar-refractivity contribution < 1.29 is 37.1 Å². The molecule has 0 amide bonds. The number of para-hydroxylation sites is 2. The number of hydrogen-bond donors (Lipinski definition) is 2. The first-order valence-corrected chi connectivity index (χ1v) is 18.2. The summed E-state index contributed by atoms with van der Waals surface area (Å²) in [6.45, 7) is 3.74. The Morgan fingerprint density at radius 2 is 0.942 bits per heavy atom. The zero-order chi connectivity index (χ0) is 38.1. The van der Waals surface area contributed by atoms with E-state index >= 15 is 0 Å². The molecule has 12 heteroatoms. The summed E-state index contributed by atoms with van der Waals surface area (Å²) in [6.07, 6.45) is 0. The Hall–Kier alpha value is -3.69. The first-order chi connectivity index (χ1) is 24.8. The van der Waals surface area contributed by atoms with E-state index in [1.807, 2.05) is 38.1 Å². The van der Waals surface area contributed by atoms with Gasteiger partial charge in [0.15, 0.2) is 23.3 Å². The summed E-state index contributed by atoms with van der Waals surface area (Å²) in [4.78, 5) is 0. The Balaban J connectivity index is 0.000000188. The third-order valence-corrected chi connectivity index (χ3v) is 9.73. The van der Waals surface area contributed by atoms with Gasteiger partial charge >= 0.3 is 7.12 Å². The summed E-state index contributed by atoms with van der Waals surface area (Å²) < 4.78 is 69.0. The first-order valence-electron chi connectivity index (χ1n) is 15.6. The van der Waals surface area contributed by atoms with Gasteiger partial charge in [-0.1, -0.05) is 98.6 Å². The topological polar surface area (TPSA) is 58.9 Å². The normalized spacial score (nSPS) is 10.4. The molecule has 6 aromatic carbocycles. The Kier molecular flexibility index (Phi) is 14.9. The van der Waals surface area contributed by atoms with Crippen LogP contribution in [0.15, 0.2) is 118 Å². The minimum Gasteiger partial charge on any atom is -0.497 e. The number of halogens is 7. The number of benzene rings is 6. The van der Waals surface area contributed by atoms with Crippen molar-refractivity contribution in [3.63, 3.8) is 0 Å². The van der Waals surface area contributed by atoms with Crippen molar-refractivity contribution >= 4 is 67.0 Å². The van der Waals surface area contributed by atoms with Crippen LogP contribution in [0.1, 0.15) is 11.1 Å². The lowest BCUT2D eigenvalue weighted by atomic mass is 9.80. The highest BCUT2D eigenvalue weighted by Crippen LogP contribution is 2.37. The highest BCUT2D eigenvalue weighted by Gasteiger charge is 2.19. The highest BCUT2D eigenvalue weighted by atomic mass is 127. The quantitative estimate of drug-likeness (QED) is 0.0756. The molecule has 0 fully saturated rings. The van der Waals surface area contributed by atoms with Gasteiger partial charge in [0.2, 0.25) is 0 Å². The van der Waals surface area contributed by atoms with E-state index in [2.05, 4.69) is 31.9 Å². The highest BCUT2D eigenvalue weighted by molar-refractivity contribution is 14.1. The third kappa shape index (κ3) is 9.84. The molecule has 0 unspecified atom stereocenters. The van der Waals surface area contributed by atoms with E-state index in [-0.39, 0.29) is 14.7 Å². The Bertz CT molecular complexity index is 2190. The van der Waals surface area contributed by atoms with Crippen LogP contribution < -0.4 is 14.9 Å². The molecule has 6 aromatic rings. The summed E-state index contributed by atoms with van der Waals surface area (Å²) in [5, 5.41) is 17.6. The van der Waals surface area contributed by atoms with Crippen LogP contribution in [0.25, 0.3) is 33.4 Å². The van der Waals surface area contributed by atoms with Crippen LogP contribution >= 0.6 is 54.5 Å². The number of methoxy groups -OCH3 is 2.